The Balaban J connectivity index is 0. The predicted octanol–water partition coefficient (Wildman–Crippen LogP) is 0.358. The summed E-state index contributed by atoms with van der Waals surface area (Å²) in [6, 6.07) is 0. The fraction of sp³-hybridized carbons (Fsp3) is 1.00. The molecule has 0 rings (SSSR count). The fourth-order valence-corrected chi connectivity index (χ4v) is 0.256. The van der Waals surface area contributed by atoms with E-state index in [0.29, 0.717) is 0 Å². The van der Waals surface area contributed by atoms with Crippen LogP contribution in [0.15, 0.2) is 0 Å². The molecule has 0 saturated heterocycles. The SMILES string of the molecule is CCCNCO.Cl. The number of hydrogen-bond acceptors (Lipinski definition) is 2. The van der Waals surface area contributed by atoms with Gasteiger partial charge in [-0.05, 0) is 13.0 Å². The van der Waals surface area contributed by atoms with Crippen LogP contribution in [-0.2, 0) is 0 Å². The quantitative estimate of drug-likeness (QED) is 0.422. The highest BCUT2D eigenvalue weighted by Gasteiger charge is 1.72. The van der Waals surface area contributed by atoms with Gasteiger partial charge in [-0.25, -0.2) is 0 Å². The summed E-state index contributed by atoms with van der Waals surface area (Å²) in [6.45, 7) is 3.08. The smallest absolute Gasteiger partial charge is 0.0931 e. The Bertz CT molecular complexity index is 23.7. The lowest BCUT2D eigenvalue weighted by Gasteiger charge is -1.91. The molecule has 0 heterocycles. The summed E-state index contributed by atoms with van der Waals surface area (Å²) < 4.78 is 0. The zero-order chi connectivity index (χ0) is 4.83. The molecule has 3 heteroatoms. The van der Waals surface area contributed by atoms with Crippen LogP contribution in [0.25, 0.3) is 0 Å². The highest BCUT2D eigenvalue weighted by atomic mass is 35.5. The molecule has 0 unspecified atom stereocenters. The zero-order valence-electron chi connectivity index (χ0n) is 4.48. The highest BCUT2D eigenvalue weighted by molar-refractivity contribution is 5.85. The van der Waals surface area contributed by atoms with Crippen LogP contribution >= 0.6 is 12.4 Å². The van der Waals surface area contributed by atoms with Crippen molar-refractivity contribution in [3.8, 4) is 0 Å². The second-order valence-corrected chi connectivity index (χ2v) is 1.16. The molecule has 0 aromatic heterocycles. The van der Waals surface area contributed by atoms with Gasteiger partial charge in [0.05, 0.1) is 6.73 Å². The molecular formula is C4H12ClNO. The van der Waals surface area contributed by atoms with E-state index in [-0.39, 0.29) is 19.1 Å². The van der Waals surface area contributed by atoms with Crippen molar-refractivity contribution in [1.29, 1.82) is 0 Å². The van der Waals surface area contributed by atoms with Crippen molar-refractivity contribution in [1.82, 2.24) is 5.32 Å². The van der Waals surface area contributed by atoms with Crippen molar-refractivity contribution in [3.05, 3.63) is 0 Å². The van der Waals surface area contributed by atoms with Gasteiger partial charge in [-0.3, -0.25) is 5.32 Å². The molecule has 0 aromatic carbocycles. The van der Waals surface area contributed by atoms with Crippen LogP contribution in [0.5, 0.6) is 0 Å². The minimum atomic E-state index is 0. The predicted molar refractivity (Wildman–Crippen MR) is 32.6 cm³/mol. The van der Waals surface area contributed by atoms with Gasteiger partial charge >= 0.3 is 0 Å². The Morgan fingerprint density at radius 2 is 2.14 bits per heavy atom. The summed E-state index contributed by atoms with van der Waals surface area (Å²) in [7, 11) is 0. The average Bonchev–Trinajstić information content (AvgIpc) is 1.61. The van der Waals surface area contributed by atoms with Crippen LogP contribution in [-0.4, -0.2) is 18.4 Å². The third-order valence-electron chi connectivity index (χ3n) is 0.539. The lowest BCUT2D eigenvalue weighted by atomic mass is 10.5. The Kier molecular flexibility index (Phi) is 13.9. The maximum absolute atomic E-state index is 8.09. The van der Waals surface area contributed by atoms with Gasteiger partial charge in [0.25, 0.3) is 0 Å². The van der Waals surface area contributed by atoms with Crippen molar-refractivity contribution < 1.29 is 5.11 Å². The van der Waals surface area contributed by atoms with E-state index in [9.17, 15) is 0 Å². The van der Waals surface area contributed by atoms with E-state index in [2.05, 4.69) is 12.2 Å². The van der Waals surface area contributed by atoms with E-state index in [0.717, 1.165) is 13.0 Å². The van der Waals surface area contributed by atoms with E-state index in [4.69, 9.17) is 5.11 Å². The normalized spacial score (nSPS) is 7.71. The van der Waals surface area contributed by atoms with Crippen LogP contribution in [0.1, 0.15) is 13.3 Å². The van der Waals surface area contributed by atoms with Gasteiger partial charge in [0.15, 0.2) is 0 Å². The summed E-state index contributed by atoms with van der Waals surface area (Å²) in [6.07, 6.45) is 1.08. The highest BCUT2D eigenvalue weighted by Crippen LogP contribution is 1.64. The van der Waals surface area contributed by atoms with Crippen molar-refractivity contribution in [2.75, 3.05) is 13.3 Å². The molecule has 2 nitrogen and oxygen atoms in total. The minimum absolute atomic E-state index is 0. The first kappa shape index (κ1) is 10.2. The molecule has 0 bridgehead atoms. The minimum Gasteiger partial charge on any atom is -0.381 e. The maximum atomic E-state index is 8.09. The van der Waals surface area contributed by atoms with Crippen LogP contribution in [0.4, 0.5) is 0 Å². The largest absolute Gasteiger partial charge is 0.381 e. The second kappa shape index (κ2) is 9.51. The van der Waals surface area contributed by atoms with E-state index < -0.39 is 0 Å². The summed E-state index contributed by atoms with van der Waals surface area (Å²) in [5.74, 6) is 0. The molecule has 0 spiro atoms. The van der Waals surface area contributed by atoms with Gasteiger partial charge in [0.2, 0.25) is 0 Å². The molecule has 0 aliphatic rings. The van der Waals surface area contributed by atoms with E-state index >= 15 is 0 Å². The lowest BCUT2D eigenvalue weighted by molar-refractivity contribution is 0.261. The molecule has 0 aromatic rings. The molecule has 0 aliphatic heterocycles. The zero-order valence-corrected chi connectivity index (χ0v) is 5.29. The first-order chi connectivity index (χ1) is 2.91. The third-order valence-corrected chi connectivity index (χ3v) is 0.539. The lowest BCUT2D eigenvalue weighted by Crippen LogP contribution is -2.14. The van der Waals surface area contributed by atoms with Crippen molar-refractivity contribution in [3.63, 3.8) is 0 Å². The van der Waals surface area contributed by atoms with Gasteiger partial charge < -0.3 is 5.11 Å². The fourth-order valence-electron chi connectivity index (χ4n) is 0.256. The Hall–Kier alpha value is 0.210. The Morgan fingerprint density at radius 1 is 1.57 bits per heavy atom. The average molecular weight is 126 g/mol. The van der Waals surface area contributed by atoms with Crippen LogP contribution < -0.4 is 5.32 Å². The summed E-state index contributed by atoms with van der Waals surface area (Å²) in [4.78, 5) is 0. The Labute approximate surface area is 50.3 Å². The van der Waals surface area contributed by atoms with E-state index in [1.54, 1.807) is 0 Å². The first-order valence-corrected chi connectivity index (χ1v) is 2.23. The van der Waals surface area contributed by atoms with E-state index in [1.807, 2.05) is 0 Å². The number of aliphatic hydroxyl groups is 1. The van der Waals surface area contributed by atoms with E-state index in [1.165, 1.54) is 0 Å². The molecule has 46 valence electrons. The van der Waals surface area contributed by atoms with Crippen LogP contribution in [0.3, 0.4) is 0 Å². The second-order valence-electron chi connectivity index (χ2n) is 1.16. The Morgan fingerprint density at radius 3 is 2.29 bits per heavy atom. The van der Waals surface area contributed by atoms with Gasteiger partial charge in [-0.1, -0.05) is 6.92 Å². The molecule has 0 atom stereocenters. The molecule has 0 saturated carbocycles. The molecular weight excluding hydrogens is 114 g/mol. The molecule has 0 amide bonds. The first-order valence-electron chi connectivity index (χ1n) is 2.23. The van der Waals surface area contributed by atoms with Crippen LogP contribution in [0.2, 0.25) is 0 Å². The van der Waals surface area contributed by atoms with Crippen LogP contribution in [0, 0.1) is 0 Å². The van der Waals surface area contributed by atoms with Crippen molar-refractivity contribution in [2.45, 2.75) is 13.3 Å². The van der Waals surface area contributed by atoms with Crippen molar-refractivity contribution in [2.24, 2.45) is 0 Å². The third kappa shape index (κ3) is 10.7. The van der Waals surface area contributed by atoms with Gasteiger partial charge in [-0.15, -0.1) is 12.4 Å². The topological polar surface area (TPSA) is 32.3 Å². The molecule has 2 N–H and O–H groups in total. The van der Waals surface area contributed by atoms with Gasteiger partial charge in [0, 0.05) is 0 Å². The summed E-state index contributed by atoms with van der Waals surface area (Å²) in [5, 5.41) is 10.8. The number of halogens is 1. The monoisotopic (exact) mass is 125 g/mol. The summed E-state index contributed by atoms with van der Waals surface area (Å²) in [5.41, 5.74) is 0. The number of nitrogens with one attached hydrogen (secondary N) is 1. The number of hydrogen-bond donors (Lipinski definition) is 2. The van der Waals surface area contributed by atoms with Crippen molar-refractivity contribution >= 4 is 12.4 Å². The maximum Gasteiger partial charge on any atom is 0.0931 e. The number of aliphatic hydroxyl groups excluding tert-OH is 1. The molecule has 0 fully saturated rings. The molecule has 7 heavy (non-hydrogen) atoms. The molecule has 0 radical (unpaired) electrons. The van der Waals surface area contributed by atoms with Gasteiger partial charge in [-0.2, -0.15) is 0 Å². The molecule has 0 aliphatic carbocycles. The standard InChI is InChI=1S/C4H11NO.ClH/c1-2-3-5-4-6;/h5-6H,2-4H2,1H3;1H. The summed E-state index contributed by atoms with van der Waals surface area (Å²) >= 11 is 0. The van der Waals surface area contributed by atoms with Gasteiger partial charge in [0.1, 0.15) is 0 Å². The number of rotatable bonds is 3.